The highest BCUT2D eigenvalue weighted by molar-refractivity contribution is 5.32. The SMILES string of the molecule is CCCCCOCCOc1ccccc1CN. The van der Waals surface area contributed by atoms with Crippen molar-refractivity contribution < 1.29 is 9.47 Å². The molecule has 0 saturated heterocycles. The molecule has 0 aliphatic rings. The summed E-state index contributed by atoms with van der Waals surface area (Å²) in [4.78, 5) is 0. The van der Waals surface area contributed by atoms with Crippen LogP contribution in [0, 0.1) is 0 Å². The zero-order valence-corrected chi connectivity index (χ0v) is 10.7. The average Bonchev–Trinajstić information content (AvgIpc) is 2.38. The van der Waals surface area contributed by atoms with Crippen LogP contribution in [0.4, 0.5) is 0 Å². The maximum Gasteiger partial charge on any atom is 0.123 e. The second-order valence-corrected chi connectivity index (χ2v) is 3.98. The predicted molar refractivity (Wildman–Crippen MR) is 70.2 cm³/mol. The van der Waals surface area contributed by atoms with E-state index in [0.29, 0.717) is 19.8 Å². The highest BCUT2D eigenvalue weighted by atomic mass is 16.5. The Bertz CT molecular complexity index is 302. The molecule has 0 bridgehead atoms. The second-order valence-electron chi connectivity index (χ2n) is 3.98. The van der Waals surface area contributed by atoms with Gasteiger partial charge in [0.05, 0.1) is 6.61 Å². The summed E-state index contributed by atoms with van der Waals surface area (Å²) < 4.78 is 11.1. The highest BCUT2D eigenvalue weighted by Gasteiger charge is 2.00. The van der Waals surface area contributed by atoms with Crippen molar-refractivity contribution in [3.8, 4) is 5.75 Å². The van der Waals surface area contributed by atoms with Gasteiger partial charge in [-0.25, -0.2) is 0 Å². The van der Waals surface area contributed by atoms with Gasteiger partial charge in [-0.2, -0.15) is 0 Å². The first-order valence-electron chi connectivity index (χ1n) is 6.37. The topological polar surface area (TPSA) is 44.5 Å². The van der Waals surface area contributed by atoms with E-state index in [2.05, 4.69) is 6.92 Å². The van der Waals surface area contributed by atoms with Crippen molar-refractivity contribution in [1.29, 1.82) is 0 Å². The third-order valence-electron chi connectivity index (χ3n) is 2.57. The van der Waals surface area contributed by atoms with Crippen molar-refractivity contribution in [1.82, 2.24) is 0 Å². The van der Waals surface area contributed by atoms with Gasteiger partial charge in [0.2, 0.25) is 0 Å². The quantitative estimate of drug-likeness (QED) is 0.672. The summed E-state index contributed by atoms with van der Waals surface area (Å²) in [6, 6.07) is 7.85. The number of unbranched alkanes of at least 4 members (excludes halogenated alkanes) is 2. The lowest BCUT2D eigenvalue weighted by Crippen LogP contribution is -2.09. The first kappa shape index (κ1) is 14.0. The van der Waals surface area contributed by atoms with Crippen LogP contribution in [0.5, 0.6) is 5.75 Å². The van der Waals surface area contributed by atoms with Gasteiger partial charge in [-0.3, -0.25) is 0 Å². The van der Waals surface area contributed by atoms with Gasteiger partial charge in [0, 0.05) is 18.7 Å². The summed E-state index contributed by atoms with van der Waals surface area (Å²) in [6.45, 7) is 4.75. The van der Waals surface area contributed by atoms with Gasteiger partial charge in [0.15, 0.2) is 0 Å². The Labute approximate surface area is 104 Å². The largest absolute Gasteiger partial charge is 0.491 e. The van der Waals surface area contributed by atoms with Crippen LogP contribution in [0.25, 0.3) is 0 Å². The molecule has 3 heteroatoms. The van der Waals surface area contributed by atoms with E-state index in [1.54, 1.807) is 0 Å². The molecule has 0 spiro atoms. The molecule has 0 atom stereocenters. The molecular formula is C14H23NO2. The highest BCUT2D eigenvalue weighted by Crippen LogP contribution is 2.16. The number of hydrogen-bond donors (Lipinski definition) is 1. The fourth-order valence-corrected chi connectivity index (χ4v) is 1.58. The number of benzene rings is 1. The van der Waals surface area contributed by atoms with Crippen molar-refractivity contribution in [2.24, 2.45) is 5.73 Å². The van der Waals surface area contributed by atoms with E-state index < -0.39 is 0 Å². The van der Waals surface area contributed by atoms with Gasteiger partial charge in [-0.1, -0.05) is 38.0 Å². The summed E-state index contributed by atoms with van der Waals surface area (Å²) in [5, 5.41) is 0. The Morgan fingerprint density at radius 1 is 1.06 bits per heavy atom. The molecule has 0 aliphatic carbocycles. The van der Waals surface area contributed by atoms with Crippen LogP contribution in [0.3, 0.4) is 0 Å². The molecule has 0 amide bonds. The fraction of sp³-hybridized carbons (Fsp3) is 0.571. The molecule has 17 heavy (non-hydrogen) atoms. The van der Waals surface area contributed by atoms with Crippen LogP contribution >= 0.6 is 0 Å². The molecule has 2 N–H and O–H groups in total. The third-order valence-corrected chi connectivity index (χ3v) is 2.57. The van der Waals surface area contributed by atoms with Crippen LogP contribution in [-0.4, -0.2) is 19.8 Å². The molecule has 0 unspecified atom stereocenters. The lowest BCUT2D eigenvalue weighted by atomic mass is 10.2. The molecule has 0 aromatic heterocycles. The van der Waals surface area contributed by atoms with E-state index in [1.807, 2.05) is 24.3 Å². The predicted octanol–water partition coefficient (Wildman–Crippen LogP) is 2.73. The van der Waals surface area contributed by atoms with E-state index in [1.165, 1.54) is 12.8 Å². The fourth-order valence-electron chi connectivity index (χ4n) is 1.58. The average molecular weight is 237 g/mol. The van der Waals surface area contributed by atoms with E-state index >= 15 is 0 Å². The van der Waals surface area contributed by atoms with Crippen LogP contribution in [0.15, 0.2) is 24.3 Å². The Balaban J connectivity index is 2.13. The first-order valence-corrected chi connectivity index (χ1v) is 6.37. The van der Waals surface area contributed by atoms with E-state index in [-0.39, 0.29) is 0 Å². The van der Waals surface area contributed by atoms with Gasteiger partial charge in [-0.15, -0.1) is 0 Å². The van der Waals surface area contributed by atoms with Crippen molar-refractivity contribution in [3.05, 3.63) is 29.8 Å². The Hall–Kier alpha value is -1.06. The van der Waals surface area contributed by atoms with Gasteiger partial charge in [0.25, 0.3) is 0 Å². The number of nitrogens with two attached hydrogens (primary N) is 1. The van der Waals surface area contributed by atoms with Crippen LogP contribution in [-0.2, 0) is 11.3 Å². The minimum absolute atomic E-state index is 0.507. The summed E-state index contributed by atoms with van der Waals surface area (Å²) in [5.41, 5.74) is 6.66. The molecular weight excluding hydrogens is 214 g/mol. The van der Waals surface area contributed by atoms with E-state index in [0.717, 1.165) is 24.3 Å². The Morgan fingerprint density at radius 3 is 2.65 bits per heavy atom. The minimum Gasteiger partial charge on any atom is -0.491 e. The Morgan fingerprint density at radius 2 is 1.88 bits per heavy atom. The number of rotatable bonds is 9. The summed E-state index contributed by atoms with van der Waals surface area (Å²) in [6.07, 6.45) is 3.59. The summed E-state index contributed by atoms with van der Waals surface area (Å²) in [7, 11) is 0. The zero-order valence-electron chi connectivity index (χ0n) is 10.7. The lowest BCUT2D eigenvalue weighted by molar-refractivity contribution is 0.0970. The maximum absolute atomic E-state index is 5.63. The third kappa shape index (κ3) is 5.71. The van der Waals surface area contributed by atoms with Crippen molar-refractivity contribution in [2.45, 2.75) is 32.7 Å². The van der Waals surface area contributed by atoms with E-state index in [4.69, 9.17) is 15.2 Å². The van der Waals surface area contributed by atoms with Crippen LogP contribution < -0.4 is 10.5 Å². The Kier molecular flexibility index (Phi) is 7.43. The monoisotopic (exact) mass is 237 g/mol. The molecule has 0 radical (unpaired) electrons. The number of para-hydroxylation sites is 1. The summed E-state index contributed by atoms with van der Waals surface area (Å²) in [5.74, 6) is 0.868. The maximum atomic E-state index is 5.63. The van der Waals surface area contributed by atoms with Crippen molar-refractivity contribution in [2.75, 3.05) is 19.8 Å². The molecule has 0 aliphatic heterocycles. The zero-order chi connectivity index (χ0) is 12.3. The van der Waals surface area contributed by atoms with Gasteiger partial charge < -0.3 is 15.2 Å². The van der Waals surface area contributed by atoms with Crippen molar-refractivity contribution in [3.63, 3.8) is 0 Å². The van der Waals surface area contributed by atoms with Crippen LogP contribution in [0.1, 0.15) is 31.7 Å². The molecule has 3 nitrogen and oxygen atoms in total. The van der Waals surface area contributed by atoms with Gasteiger partial charge >= 0.3 is 0 Å². The first-order chi connectivity index (χ1) is 8.38. The molecule has 1 aromatic rings. The molecule has 96 valence electrons. The number of hydrogen-bond acceptors (Lipinski definition) is 3. The van der Waals surface area contributed by atoms with Crippen LogP contribution in [0.2, 0.25) is 0 Å². The summed E-state index contributed by atoms with van der Waals surface area (Å²) >= 11 is 0. The molecule has 0 fully saturated rings. The molecule has 1 aromatic carbocycles. The van der Waals surface area contributed by atoms with E-state index in [9.17, 15) is 0 Å². The molecule has 1 rings (SSSR count). The smallest absolute Gasteiger partial charge is 0.123 e. The standard InChI is InChI=1S/C14H23NO2/c1-2-3-6-9-16-10-11-17-14-8-5-4-7-13(14)12-15/h4-5,7-8H,2-3,6,9-12,15H2,1H3. The molecule has 0 saturated carbocycles. The number of ether oxygens (including phenoxy) is 2. The van der Waals surface area contributed by atoms with Crippen molar-refractivity contribution >= 4 is 0 Å². The van der Waals surface area contributed by atoms with Gasteiger partial charge in [-0.05, 0) is 12.5 Å². The van der Waals surface area contributed by atoms with Gasteiger partial charge in [0.1, 0.15) is 12.4 Å². The minimum atomic E-state index is 0.507. The normalized spacial score (nSPS) is 10.5. The second kappa shape index (κ2) is 9.02. The molecule has 0 heterocycles. The lowest BCUT2D eigenvalue weighted by Gasteiger charge is -2.10.